The number of benzene rings is 2. The average molecular weight is 405 g/mol. The zero-order chi connectivity index (χ0) is 21.0. The minimum atomic E-state index is -0.596. The van der Waals surface area contributed by atoms with Crippen molar-refractivity contribution in [3.63, 3.8) is 0 Å². The van der Waals surface area contributed by atoms with Gasteiger partial charge in [0.05, 0.1) is 17.3 Å². The maximum Gasteiger partial charge on any atom is 0.257 e. The first-order valence-corrected chi connectivity index (χ1v) is 10.2. The number of hydrogen-bond acceptors (Lipinski definition) is 3. The molecule has 2 aromatic carbocycles. The Morgan fingerprint density at radius 1 is 1.13 bits per heavy atom. The summed E-state index contributed by atoms with van der Waals surface area (Å²) in [6, 6.07) is 12.2. The number of aryl methyl sites for hydroxylation is 2. The lowest BCUT2D eigenvalue weighted by atomic mass is 9.60. The van der Waals surface area contributed by atoms with Gasteiger partial charge in [-0.1, -0.05) is 24.3 Å². The average Bonchev–Trinajstić information content (AvgIpc) is 3.03. The molecule has 0 bridgehead atoms. The Bertz CT molecular complexity index is 1140. The third-order valence-corrected chi connectivity index (χ3v) is 6.55. The molecule has 5 nitrogen and oxygen atoms in total. The van der Waals surface area contributed by atoms with E-state index in [0.29, 0.717) is 19.1 Å². The van der Waals surface area contributed by atoms with Crippen molar-refractivity contribution in [2.24, 2.45) is 5.41 Å². The van der Waals surface area contributed by atoms with E-state index < -0.39 is 5.82 Å². The maximum absolute atomic E-state index is 14.0. The molecule has 1 amide bonds. The van der Waals surface area contributed by atoms with Crippen LogP contribution in [-0.4, -0.2) is 38.8 Å². The Kier molecular flexibility index (Phi) is 4.20. The Labute approximate surface area is 174 Å². The van der Waals surface area contributed by atoms with Gasteiger partial charge in [-0.15, -0.1) is 0 Å². The topological polar surface area (TPSA) is 58.4 Å². The summed E-state index contributed by atoms with van der Waals surface area (Å²) in [4.78, 5) is 14.2. The highest BCUT2D eigenvalue weighted by molar-refractivity contribution is 5.95. The van der Waals surface area contributed by atoms with Gasteiger partial charge in [-0.3, -0.25) is 9.48 Å². The Morgan fingerprint density at radius 3 is 2.60 bits per heavy atom. The lowest BCUT2D eigenvalue weighted by Crippen LogP contribution is -2.63. The molecule has 30 heavy (non-hydrogen) atoms. The Morgan fingerprint density at radius 2 is 1.87 bits per heavy atom. The third-order valence-electron chi connectivity index (χ3n) is 6.55. The number of carbonyl (C=O) groups excluding carboxylic acids is 1. The Hall–Kier alpha value is -3.15. The van der Waals surface area contributed by atoms with Crippen LogP contribution in [-0.2, 0) is 0 Å². The number of hydrogen-bond donors (Lipinski definition) is 1. The van der Waals surface area contributed by atoms with Gasteiger partial charge in [0.2, 0.25) is 0 Å². The van der Waals surface area contributed by atoms with E-state index in [4.69, 9.17) is 5.10 Å². The fourth-order valence-electron chi connectivity index (χ4n) is 4.91. The molecule has 2 fully saturated rings. The van der Waals surface area contributed by atoms with Crippen molar-refractivity contribution in [1.29, 1.82) is 0 Å². The van der Waals surface area contributed by atoms with Gasteiger partial charge >= 0.3 is 0 Å². The van der Waals surface area contributed by atoms with Crippen LogP contribution < -0.4 is 0 Å². The molecular weight excluding hydrogens is 381 g/mol. The highest BCUT2D eigenvalue weighted by Crippen LogP contribution is 2.54. The molecule has 0 unspecified atom stereocenters. The van der Waals surface area contributed by atoms with Gasteiger partial charge in [0, 0.05) is 30.3 Å². The van der Waals surface area contributed by atoms with Crippen LogP contribution in [0.15, 0.2) is 48.7 Å². The van der Waals surface area contributed by atoms with E-state index >= 15 is 0 Å². The molecule has 1 saturated carbocycles. The monoisotopic (exact) mass is 405 g/mol. The maximum atomic E-state index is 14.0. The molecule has 3 aromatic rings. The van der Waals surface area contributed by atoms with Crippen LogP contribution in [0.2, 0.25) is 0 Å². The fourth-order valence-corrected chi connectivity index (χ4v) is 4.91. The van der Waals surface area contributed by atoms with E-state index in [1.807, 2.05) is 12.1 Å². The van der Waals surface area contributed by atoms with Crippen LogP contribution in [0.3, 0.4) is 0 Å². The summed E-state index contributed by atoms with van der Waals surface area (Å²) >= 11 is 0. The molecule has 1 aliphatic carbocycles. The molecule has 1 aliphatic heterocycles. The standard InChI is InChI=1S/C24H24FN3O2/c1-15-5-3-4-6-19(15)22-16(2)12-28(26-22)17-10-24(11-17)13-27(14-24)23(30)20-9-18(29)7-8-21(20)25/h3-9,12,17,29H,10-11,13-14H2,1-2H3. The van der Waals surface area contributed by atoms with Crippen LogP contribution in [0.1, 0.15) is 40.4 Å². The van der Waals surface area contributed by atoms with Gasteiger partial charge in [-0.05, 0) is 56.0 Å². The van der Waals surface area contributed by atoms with Crippen LogP contribution in [0, 0.1) is 25.1 Å². The molecule has 5 rings (SSSR count). The number of rotatable bonds is 3. The lowest BCUT2D eigenvalue weighted by Gasteiger charge is -2.58. The number of nitrogens with zero attached hydrogens (tertiary/aromatic N) is 3. The second-order valence-corrected chi connectivity index (χ2v) is 8.84. The van der Waals surface area contributed by atoms with E-state index in [-0.39, 0.29) is 22.6 Å². The number of phenols is 1. The summed E-state index contributed by atoms with van der Waals surface area (Å²) in [6.07, 6.45) is 4.05. The van der Waals surface area contributed by atoms with Gasteiger partial charge < -0.3 is 10.0 Å². The second-order valence-electron chi connectivity index (χ2n) is 8.84. The first-order valence-electron chi connectivity index (χ1n) is 10.2. The molecule has 154 valence electrons. The van der Waals surface area contributed by atoms with Gasteiger partial charge in [-0.25, -0.2) is 4.39 Å². The lowest BCUT2D eigenvalue weighted by molar-refractivity contribution is -0.0739. The quantitative estimate of drug-likeness (QED) is 0.699. The smallest absolute Gasteiger partial charge is 0.257 e. The first-order chi connectivity index (χ1) is 14.3. The predicted octanol–water partition coefficient (Wildman–Crippen LogP) is 4.49. The predicted molar refractivity (Wildman–Crippen MR) is 112 cm³/mol. The number of amides is 1. The highest BCUT2D eigenvalue weighted by atomic mass is 19.1. The van der Waals surface area contributed by atoms with Crippen LogP contribution >= 0.6 is 0 Å². The van der Waals surface area contributed by atoms with Crippen molar-refractivity contribution in [3.05, 3.63) is 71.2 Å². The largest absolute Gasteiger partial charge is 0.508 e. The summed E-state index contributed by atoms with van der Waals surface area (Å²) in [5.74, 6) is -1.05. The van der Waals surface area contributed by atoms with Crippen LogP contribution in [0.25, 0.3) is 11.3 Å². The van der Waals surface area contributed by atoms with E-state index in [1.54, 1.807) is 4.90 Å². The minimum Gasteiger partial charge on any atom is -0.508 e. The molecule has 0 radical (unpaired) electrons. The Balaban J connectivity index is 1.25. The highest BCUT2D eigenvalue weighted by Gasteiger charge is 2.54. The molecule has 1 N–H and O–H groups in total. The first kappa shape index (κ1) is 18.9. The van der Waals surface area contributed by atoms with Crippen molar-refractivity contribution >= 4 is 5.91 Å². The second kappa shape index (κ2) is 6.69. The molecule has 6 heteroatoms. The number of halogens is 1. The van der Waals surface area contributed by atoms with Crippen molar-refractivity contribution in [2.45, 2.75) is 32.7 Å². The summed E-state index contributed by atoms with van der Waals surface area (Å²) in [5.41, 5.74) is 4.61. The molecule has 1 aromatic heterocycles. The zero-order valence-corrected chi connectivity index (χ0v) is 17.1. The van der Waals surface area contributed by atoms with Gasteiger partial charge in [0.1, 0.15) is 11.6 Å². The van der Waals surface area contributed by atoms with Crippen LogP contribution in [0.5, 0.6) is 5.75 Å². The van der Waals surface area contributed by atoms with E-state index in [2.05, 4.69) is 36.9 Å². The molecule has 2 heterocycles. The molecule has 2 aliphatic rings. The summed E-state index contributed by atoms with van der Waals surface area (Å²) < 4.78 is 16.0. The van der Waals surface area contributed by atoms with Crippen molar-refractivity contribution in [1.82, 2.24) is 14.7 Å². The minimum absolute atomic E-state index is 0.0636. The van der Waals surface area contributed by atoms with Crippen LogP contribution in [0.4, 0.5) is 4.39 Å². The molecular formula is C24H24FN3O2. The number of likely N-dealkylation sites (tertiary alicyclic amines) is 1. The molecule has 0 atom stereocenters. The number of aromatic hydroxyl groups is 1. The molecule has 1 spiro atoms. The van der Waals surface area contributed by atoms with Gasteiger partial charge in [0.15, 0.2) is 0 Å². The van der Waals surface area contributed by atoms with E-state index in [0.717, 1.165) is 35.7 Å². The van der Waals surface area contributed by atoms with Crippen molar-refractivity contribution < 1.29 is 14.3 Å². The fraction of sp³-hybridized carbons (Fsp3) is 0.333. The van der Waals surface area contributed by atoms with Gasteiger partial charge in [-0.2, -0.15) is 5.10 Å². The number of aromatic nitrogens is 2. The summed E-state index contributed by atoms with van der Waals surface area (Å²) in [5, 5.41) is 14.4. The van der Waals surface area contributed by atoms with Crippen molar-refractivity contribution in [3.8, 4) is 17.0 Å². The van der Waals surface area contributed by atoms with Crippen molar-refractivity contribution in [2.75, 3.05) is 13.1 Å². The molecule has 1 saturated heterocycles. The third kappa shape index (κ3) is 2.98. The normalized spacial score (nSPS) is 17.6. The summed E-state index contributed by atoms with van der Waals surface area (Å²) in [6.45, 7) is 5.44. The number of carbonyl (C=O) groups is 1. The summed E-state index contributed by atoms with van der Waals surface area (Å²) in [7, 11) is 0. The SMILES string of the molecule is Cc1ccccc1-c1nn(C2CC3(C2)CN(C(=O)c2cc(O)ccc2F)C3)cc1C. The van der Waals surface area contributed by atoms with E-state index in [9.17, 15) is 14.3 Å². The van der Waals surface area contributed by atoms with Gasteiger partial charge in [0.25, 0.3) is 5.91 Å². The van der Waals surface area contributed by atoms with E-state index in [1.165, 1.54) is 17.7 Å². The zero-order valence-electron chi connectivity index (χ0n) is 17.1. The number of phenolic OH excluding ortho intramolecular Hbond substituents is 1.